The van der Waals surface area contributed by atoms with Crippen molar-refractivity contribution < 1.29 is 9.59 Å². The topological polar surface area (TPSA) is 49.4 Å². The Morgan fingerprint density at radius 3 is 2.54 bits per heavy atom. The smallest absolute Gasteiger partial charge is 0.229 e. The molecule has 124 valence electrons. The Balaban J connectivity index is 1.72. The second-order valence-corrected chi connectivity index (χ2v) is 7.44. The van der Waals surface area contributed by atoms with E-state index in [1.54, 1.807) is 4.90 Å². The van der Waals surface area contributed by atoms with Gasteiger partial charge in [0.1, 0.15) is 0 Å². The molecule has 1 heterocycles. The molecule has 0 spiro atoms. The molecule has 1 atom stereocenters. The maximum absolute atomic E-state index is 12.5. The number of halogens is 1. The first-order chi connectivity index (χ1) is 11.4. The monoisotopic (exact) mass is 434 g/mol. The van der Waals surface area contributed by atoms with Crippen LogP contribution < -0.4 is 10.2 Å². The van der Waals surface area contributed by atoms with E-state index in [4.69, 9.17) is 0 Å². The van der Waals surface area contributed by atoms with Crippen molar-refractivity contribution >= 4 is 45.8 Å². The van der Waals surface area contributed by atoms with Gasteiger partial charge in [0.2, 0.25) is 11.8 Å². The van der Waals surface area contributed by atoms with Crippen molar-refractivity contribution in [2.75, 3.05) is 16.8 Å². The third kappa shape index (κ3) is 3.61. The molecular weight excluding hydrogens is 415 g/mol. The van der Waals surface area contributed by atoms with Gasteiger partial charge in [-0.3, -0.25) is 9.59 Å². The Hall–Kier alpha value is -1.89. The van der Waals surface area contributed by atoms with Crippen LogP contribution in [-0.4, -0.2) is 18.4 Å². The number of amides is 2. The number of nitrogens with zero attached hydrogens (tertiary/aromatic N) is 1. The lowest BCUT2D eigenvalue weighted by Crippen LogP contribution is -2.28. The van der Waals surface area contributed by atoms with Gasteiger partial charge in [-0.25, -0.2) is 0 Å². The second kappa shape index (κ2) is 6.93. The molecule has 0 saturated carbocycles. The molecule has 24 heavy (non-hydrogen) atoms. The van der Waals surface area contributed by atoms with Crippen molar-refractivity contribution in [2.45, 2.75) is 20.3 Å². The molecule has 1 N–H and O–H groups in total. The van der Waals surface area contributed by atoms with E-state index in [1.165, 1.54) is 0 Å². The van der Waals surface area contributed by atoms with E-state index in [2.05, 4.69) is 34.0 Å². The number of aryl methyl sites for hydroxylation is 2. The normalized spacial score (nSPS) is 17.2. The highest BCUT2D eigenvalue weighted by Crippen LogP contribution is 2.29. The first kappa shape index (κ1) is 17.0. The second-order valence-electron chi connectivity index (χ2n) is 6.19. The summed E-state index contributed by atoms with van der Waals surface area (Å²) in [4.78, 5) is 26.6. The van der Waals surface area contributed by atoms with Crippen LogP contribution >= 0.6 is 22.6 Å². The van der Waals surface area contributed by atoms with Gasteiger partial charge in [0, 0.05) is 27.9 Å². The summed E-state index contributed by atoms with van der Waals surface area (Å²) in [5, 5.41) is 2.91. The maximum atomic E-state index is 12.5. The third-order valence-electron chi connectivity index (χ3n) is 4.25. The first-order valence-electron chi connectivity index (χ1n) is 7.88. The zero-order valence-electron chi connectivity index (χ0n) is 13.7. The molecule has 0 radical (unpaired) electrons. The Bertz CT molecular complexity index is 786. The van der Waals surface area contributed by atoms with Crippen LogP contribution in [0.25, 0.3) is 0 Å². The van der Waals surface area contributed by atoms with Crippen molar-refractivity contribution in [3.63, 3.8) is 0 Å². The quantitative estimate of drug-likeness (QED) is 0.746. The Morgan fingerprint density at radius 1 is 1.17 bits per heavy atom. The van der Waals surface area contributed by atoms with Crippen LogP contribution in [0.2, 0.25) is 0 Å². The van der Waals surface area contributed by atoms with E-state index in [0.29, 0.717) is 6.54 Å². The zero-order valence-corrected chi connectivity index (χ0v) is 15.8. The summed E-state index contributed by atoms with van der Waals surface area (Å²) in [6, 6.07) is 13.6. The molecule has 0 aromatic heterocycles. The molecule has 1 fully saturated rings. The lowest BCUT2D eigenvalue weighted by Gasteiger charge is -2.19. The van der Waals surface area contributed by atoms with Crippen molar-refractivity contribution in [2.24, 2.45) is 5.92 Å². The summed E-state index contributed by atoms with van der Waals surface area (Å²) >= 11 is 2.22. The number of rotatable bonds is 3. The molecule has 0 bridgehead atoms. The highest BCUT2D eigenvalue weighted by atomic mass is 127. The third-order valence-corrected chi connectivity index (χ3v) is 4.97. The van der Waals surface area contributed by atoms with Crippen LogP contribution in [0.3, 0.4) is 0 Å². The van der Waals surface area contributed by atoms with Gasteiger partial charge in [-0.1, -0.05) is 17.7 Å². The Morgan fingerprint density at radius 2 is 1.88 bits per heavy atom. The predicted molar refractivity (Wildman–Crippen MR) is 104 cm³/mol. The average Bonchev–Trinajstić information content (AvgIpc) is 2.91. The molecular formula is C19H19IN2O2. The van der Waals surface area contributed by atoms with Gasteiger partial charge in [-0.05, 0) is 72.3 Å². The van der Waals surface area contributed by atoms with Crippen molar-refractivity contribution in [3.05, 3.63) is 57.2 Å². The van der Waals surface area contributed by atoms with Gasteiger partial charge in [0.15, 0.2) is 0 Å². The van der Waals surface area contributed by atoms with Crippen LogP contribution in [-0.2, 0) is 9.59 Å². The fourth-order valence-electron chi connectivity index (χ4n) is 3.00. The molecule has 0 aliphatic carbocycles. The summed E-state index contributed by atoms with van der Waals surface area (Å²) in [6.07, 6.45) is 0.253. The number of carbonyl (C=O) groups is 2. The van der Waals surface area contributed by atoms with Gasteiger partial charge in [-0.2, -0.15) is 0 Å². The average molecular weight is 434 g/mol. The van der Waals surface area contributed by atoms with Gasteiger partial charge < -0.3 is 10.2 Å². The van der Waals surface area contributed by atoms with E-state index in [9.17, 15) is 9.59 Å². The summed E-state index contributed by atoms with van der Waals surface area (Å²) < 4.78 is 1.11. The fraction of sp³-hybridized carbons (Fsp3) is 0.263. The van der Waals surface area contributed by atoms with Crippen LogP contribution in [0.15, 0.2) is 42.5 Å². The fourth-order valence-corrected chi connectivity index (χ4v) is 3.36. The molecule has 2 aromatic rings. The van der Waals surface area contributed by atoms with Crippen molar-refractivity contribution in [1.29, 1.82) is 0 Å². The Labute approximate surface area is 155 Å². The number of hydrogen-bond acceptors (Lipinski definition) is 2. The largest absolute Gasteiger partial charge is 0.326 e. The molecule has 2 amide bonds. The lowest BCUT2D eigenvalue weighted by atomic mass is 10.1. The maximum Gasteiger partial charge on any atom is 0.229 e. The van der Waals surface area contributed by atoms with E-state index >= 15 is 0 Å². The summed E-state index contributed by atoms with van der Waals surface area (Å²) in [5.41, 5.74) is 3.88. The van der Waals surface area contributed by atoms with Gasteiger partial charge in [0.25, 0.3) is 0 Å². The molecule has 0 unspecified atom stereocenters. The Kier molecular flexibility index (Phi) is 4.89. The molecule has 4 nitrogen and oxygen atoms in total. The molecule has 1 aliphatic rings. The van der Waals surface area contributed by atoms with Gasteiger partial charge in [0.05, 0.1) is 5.92 Å². The highest BCUT2D eigenvalue weighted by molar-refractivity contribution is 14.1. The number of carbonyl (C=O) groups excluding carboxylic acids is 2. The van der Waals surface area contributed by atoms with E-state index in [-0.39, 0.29) is 24.2 Å². The first-order valence-corrected chi connectivity index (χ1v) is 8.96. The molecule has 1 aliphatic heterocycles. The minimum atomic E-state index is -0.322. The number of hydrogen-bond donors (Lipinski definition) is 1. The van der Waals surface area contributed by atoms with Crippen LogP contribution in [0, 0.1) is 23.3 Å². The minimum Gasteiger partial charge on any atom is -0.326 e. The predicted octanol–water partition coefficient (Wildman–Crippen LogP) is 3.90. The molecule has 1 saturated heterocycles. The summed E-state index contributed by atoms with van der Waals surface area (Å²) in [5.74, 6) is -0.418. The summed E-state index contributed by atoms with van der Waals surface area (Å²) in [6.45, 7) is 4.45. The van der Waals surface area contributed by atoms with E-state index in [0.717, 1.165) is 26.1 Å². The highest BCUT2D eigenvalue weighted by Gasteiger charge is 2.35. The minimum absolute atomic E-state index is 0.00436. The van der Waals surface area contributed by atoms with Gasteiger partial charge in [-0.15, -0.1) is 0 Å². The van der Waals surface area contributed by atoms with Gasteiger partial charge >= 0.3 is 0 Å². The van der Waals surface area contributed by atoms with E-state index < -0.39 is 0 Å². The zero-order chi connectivity index (χ0) is 17.3. The van der Waals surface area contributed by atoms with Crippen LogP contribution in [0.4, 0.5) is 11.4 Å². The van der Waals surface area contributed by atoms with Crippen molar-refractivity contribution in [1.82, 2.24) is 0 Å². The molecule has 5 heteroatoms. The van der Waals surface area contributed by atoms with Crippen LogP contribution in [0.5, 0.6) is 0 Å². The summed E-state index contributed by atoms with van der Waals surface area (Å²) in [7, 11) is 0. The SMILES string of the molecule is Cc1ccc(N2C[C@H](C(=O)Nc3ccc(I)cc3)CC2=O)c(C)c1. The van der Waals surface area contributed by atoms with E-state index in [1.807, 2.05) is 50.2 Å². The lowest BCUT2D eigenvalue weighted by molar-refractivity contribution is -0.122. The van der Waals surface area contributed by atoms with Crippen LogP contribution in [0.1, 0.15) is 17.5 Å². The standard InChI is InChI=1S/C19H19IN2O2/c1-12-3-8-17(13(2)9-12)22-11-14(10-18(22)23)19(24)21-16-6-4-15(20)5-7-16/h3-9,14H,10-11H2,1-2H3,(H,21,24)/t14-/m1/s1. The van der Waals surface area contributed by atoms with Crippen molar-refractivity contribution in [3.8, 4) is 0 Å². The number of anilines is 2. The molecule has 2 aromatic carbocycles. The number of benzene rings is 2. The number of nitrogens with one attached hydrogen (secondary N) is 1. The molecule has 3 rings (SSSR count).